The highest BCUT2D eigenvalue weighted by molar-refractivity contribution is 6.04. The number of ether oxygens (including phenoxy) is 1. The molecule has 0 bridgehead atoms. The lowest BCUT2D eigenvalue weighted by molar-refractivity contribution is -0.384. The fraction of sp³-hybridized carbons (Fsp3) is 0.300. The lowest BCUT2D eigenvalue weighted by Gasteiger charge is -2.22. The SMILES string of the molecule is COc1cc(N(C)CCN(C)C)c([N+](=O)[O-])cc1Nc1nccc(-c2c(-c3ncco3)n3c4c(cccc24)CCC3)n1. The van der Waals surface area contributed by atoms with E-state index in [-0.39, 0.29) is 16.6 Å². The maximum Gasteiger partial charge on any atom is 0.294 e. The van der Waals surface area contributed by atoms with E-state index in [4.69, 9.17) is 14.1 Å². The molecule has 12 nitrogen and oxygen atoms in total. The monoisotopic (exact) mass is 568 g/mol. The van der Waals surface area contributed by atoms with Crippen molar-refractivity contribution in [3.8, 4) is 28.6 Å². The van der Waals surface area contributed by atoms with Crippen LogP contribution in [0.5, 0.6) is 5.75 Å². The number of hydrogen-bond donors (Lipinski definition) is 1. The van der Waals surface area contributed by atoms with E-state index < -0.39 is 0 Å². The molecule has 12 heteroatoms. The molecule has 1 N–H and O–H groups in total. The average molecular weight is 569 g/mol. The molecule has 3 aromatic heterocycles. The van der Waals surface area contributed by atoms with Gasteiger partial charge in [-0.05, 0) is 38.6 Å². The molecule has 0 fully saturated rings. The summed E-state index contributed by atoms with van der Waals surface area (Å²) < 4.78 is 13.7. The second-order valence-corrected chi connectivity index (χ2v) is 10.5. The first-order valence-electron chi connectivity index (χ1n) is 13.7. The summed E-state index contributed by atoms with van der Waals surface area (Å²) in [6, 6.07) is 11.3. The molecule has 1 aliphatic rings. The summed E-state index contributed by atoms with van der Waals surface area (Å²) in [4.78, 5) is 29.4. The van der Waals surface area contributed by atoms with Crippen LogP contribution in [0.2, 0.25) is 0 Å². The lowest BCUT2D eigenvalue weighted by atomic mass is 10.0. The van der Waals surface area contributed by atoms with Crippen molar-refractivity contribution in [3.05, 3.63) is 70.7 Å². The van der Waals surface area contributed by atoms with Gasteiger partial charge in [-0.15, -0.1) is 0 Å². The Labute approximate surface area is 242 Å². The fourth-order valence-electron chi connectivity index (χ4n) is 5.59. The molecule has 216 valence electrons. The number of oxazole rings is 1. The van der Waals surface area contributed by atoms with E-state index in [0.29, 0.717) is 35.3 Å². The van der Waals surface area contributed by atoms with E-state index in [1.165, 1.54) is 18.7 Å². The predicted octanol–water partition coefficient (Wildman–Crippen LogP) is 5.36. The lowest BCUT2D eigenvalue weighted by Crippen LogP contribution is -2.28. The van der Waals surface area contributed by atoms with Gasteiger partial charge in [-0.1, -0.05) is 18.2 Å². The summed E-state index contributed by atoms with van der Waals surface area (Å²) >= 11 is 0. The largest absolute Gasteiger partial charge is 0.494 e. The zero-order chi connectivity index (χ0) is 29.4. The van der Waals surface area contributed by atoms with Crippen molar-refractivity contribution < 1.29 is 14.1 Å². The van der Waals surface area contributed by atoms with Crippen molar-refractivity contribution in [2.75, 3.05) is 51.6 Å². The normalized spacial score (nSPS) is 12.6. The van der Waals surface area contributed by atoms with Gasteiger partial charge in [0.1, 0.15) is 23.4 Å². The van der Waals surface area contributed by atoms with Crippen LogP contribution in [0, 0.1) is 10.1 Å². The van der Waals surface area contributed by atoms with Crippen LogP contribution in [0.15, 0.2) is 59.5 Å². The van der Waals surface area contributed by atoms with E-state index in [1.54, 1.807) is 24.7 Å². The number of rotatable bonds is 10. The molecule has 0 atom stereocenters. The Kier molecular flexibility index (Phi) is 7.21. The van der Waals surface area contributed by atoms with Crippen molar-refractivity contribution >= 4 is 33.9 Å². The van der Waals surface area contributed by atoms with E-state index in [1.807, 2.05) is 37.0 Å². The molecule has 42 heavy (non-hydrogen) atoms. The number of nitrogens with zero attached hydrogens (tertiary/aromatic N) is 7. The molecule has 4 heterocycles. The number of anilines is 3. The van der Waals surface area contributed by atoms with Crippen molar-refractivity contribution in [2.45, 2.75) is 19.4 Å². The summed E-state index contributed by atoms with van der Waals surface area (Å²) in [6.45, 7) is 2.19. The number of nitro benzene ring substituents is 1. The van der Waals surface area contributed by atoms with Gasteiger partial charge in [0.2, 0.25) is 11.8 Å². The van der Waals surface area contributed by atoms with Gasteiger partial charge in [-0.3, -0.25) is 10.1 Å². The summed E-state index contributed by atoms with van der Waals surface area (Å²) in [6.07, 6.45) is 6.90. The Morgan fingerprint density at radius 1 is 1.14 bits per heavy atom. The molecule has 1 aliphatic heterocycles. The van der Waals surface area contributed by atoms with Crippen molar-refractivity contribution in [2.24, 2.45) is 0 Å². The first-order valence-corrected chi connectivity index (χ1v) is 13.7. The minimum Gasteiger partial charge on any atom is -0.494 e. The predicted molar refractivity (Wildman–Crippen MR) is 162 cm³/mol. The number of nitro groups is 1. The average Bonchev–Trinajstić information content (AvgIpc) is 3.63. The van der Waals surface area contributed by atoms with Crippen LogP contribution in [-0.4, -0.2) is 70.7 Å². The van der Waals surface area contributed by atoms with Gasteiger partial charge in [0.05, 0.1) is 35.1 Å². The van der Waals surface area contributed by atoms with E-state index in [2.05, 4.69) is 38.1 Å². The Morgan fingerprint density at radius 3 is 2.74 bits per heavy atom. The molecule has 0 saturated carbocycles. The van der Waals surface area contributed by atoms with Crippen LogP contribution < -0.4 is 15.0 Å². The number of hydrogen-bond acceptors (Lipinski definition) is 10. The van der Waals surface area contributed by atoms with E-state index in [0.717, 1.165) is 48.1 Å². The van der Waals surface area contributed by atoms with Gasteiger partial charge < -0.3 is 28.8 Å². The summed E-state index contributed by atoms with van der Waals surface area (Å²) in [5, 5.41) is 16.3. The second-order valence-electron chi connectivity index (χ2n) is 10.5. The molecule has 0 amide bonds. The molecule has 0 aliphatic carbocycles. The second kappa shape index (κ2) is 11.1. The highest BCUT2D eigenvalue weighted by atomic mass is 16.6. The smallest absolute Gasteiger partial charge is 0.294 e. The number of methoxy groups -OCH3 is 1. The number of aromatic nitrogens is 4. The summed E-state index contributed by atoms with van der Waals surface area (Å²) in [7, 11) is 7.28. The van der Waals surface area contributed by atoms with Gasteiger partial charge in [0.15, 0.2) is 0 Å². The van der Waals surface area contributed by atoms with Crippen LogP contribution in [0.1, 0.15) is 12.0 Å². The maximum absolute atomic E-state index is 12.1. The molecule has 0 saturated heterocycles. The van der Waals surface area contributed by atoms with E-state index in [9.17, 15) is 10.1 Å². The Hall–Kier alpha value is -4.97. The quantitative estimate of drug-likeness (QED) is 0.174. The third-order valence-corrected chi connectivity index (χ3v) is 7.57. The zero-order valence-electron chi connectivity index (χ0n) is 24.0. The molecule has 0 unspecified atom stereocenters. The minimum absolute atomic E-state index is 0.0455. The molecular weight excluding hydrogens is 536 g/mol. The van der Waals surface area contributed by atoms with Crippen LogP contribution >= 0.6 is 0 Å². The molecule has 5 aromatic rings. The van der Waals surface area contributed by atoms with Crippen molar-refractivity contribution in [1.29, 1.82) is 0 Å². The topological polar surface area (TPSA) is 128 Å². The van der Waals surface area contributed by atoms with Gasteiger partial charge in [-0.2, -0.15) is 0 Å². The number of likely N-dealkylation sites (N-methyl/N-ethyl adjacent to an activating group) is 2. The molecular formula is C30H32N8O4. The van der Waals surface area contributed by atoms with Crippen molar-refractivity contribution in [1.82, 2.24) is 24.4 Å². The van der Waals surface area contributed by atoms with Crippen LogP contribution in [0.3, 0.4) is 0 Å². The Morgan fingerprint density at radius 2 is 2.00 bits per heavy atom. The number of aryl methyl sites for hydroxylation is 2. The standard InChI is InChI=1S/C30H32N8O4/c1-35(2)14-15-36(3)23-18-25(41-4)22(17-24(23)38(39)40)34-30-32-11-10-21(33-30)26-20-9-5-7-19-8-6-13-37(27(19)20)28(26)29-31-12-16-42-29/h5,7,9-12,16-18H,6,8,13-15H2,1-4H3,(H,32,33,34). The molecule has 2 aromatic carbocycles. The van der Waals surface area contributed by atoms with Gasteiger partial charge in [0.25, 0.3) is 5.69 Å². The minimum atomic E-state index is -0.389. The fourth-order valence-corrected chi connectivity index (χ4v) is 5.59. The maximum atomic E-state index is 12.1. The highest BCUT2D eigenvalue weighted by Crippen LogP contribution is 2.43. The molecule has 0 spiro atoms. The van der Waals surface area contributed by atoms with Crippen LogP contribution in [0.25, 0.3) is 33.7 Å². The summed E-state index contributed by atoms with van der Waals surface area (Å²) in [5.41, 5.74) is 5.69. The van der Waals surface area contributed by atoms with Crippen molar-refractivity contribution in [3.63, 3.8) is 0 Å². The third-order valence-electron chi connectivity index (χ3n) is 7.57. The molecule has 6 rings (SSSR count). The summed E-state index contributed by atoms with van der Waals surface area (Å²) in [5.74, 6) is 1.24. The van der Waals surface area contributed by atoms with Gasteiger partial charge in [0, 0.05) is 56.0 Å². The third kappa shape index (κ3) is 4.90. The van der Waals surface area contributed by atoms with Gasteiger partial charge >= 0.3 is 0 Å². The number of nitrogens with one attached hydrogen (secondary N) is 1. The molecule has 0 radical (unpaired) electrons. The van der Waals surface area contributed by atoms with Gasteiger partial charge in [-0.25, -0.2) is 15.0 Å². The zero-order valence-corrected chi connectivity index (χ0v) is 24.0. The van der Waals surface area contributed by atoms with E-state index >= 15 is 0 Å². The Bertz CT molecular complexity index is 1760. The highest BCUT2D eigenvalue weighted by Gasteiger charge is 2.27. The van der Waals surface area contributed by atoms with Crippen LogP contribution in [0.4, 0.5) is 23.0 Å². The van der Waals surface area contributed by atoms with Crippen LogP contribution in [-0.2, 0) is 13.0 Å². The number of benzene rings is 2. The first-order chi connectivity index (χ1) is 20.4. The Balaban J connectivity index is 1.43. The number of para-hydroxylation sites is 1. The first kappa shape index (κ1) is 27.2.